The number of aromatic nitrogens is 1. The van der Waals surface area contributed by atoms with Gasteiger partial charge in [-0.25, -0.2) is 4.98 Å². The number of hydrogen-bond donors (Lipinski definition) is 1. The molecule has 1 heterocycles. The van der Waals surface area contributed by atoms with Crippen LogP contribution in [0.1, 0.15) is 11.1 Å². The first-order chi connectivity index (χ1) is 11.7. The highest BCUT2D eigenvalue weighted by atomic mass is 35.5. The minimum absolute atomic E-state index is 0.463. The lowest BCUT2D eigenvalue weighted by Gasteiger charge is -2.12. The maximum absolute atomic E-state index is 5.89. The molecule has 1 N–H and O–H groups in total. The van der Waals surface area contributed by atoms with Gasteiger partial charge in [0.1, 0.15) is 6.61 Å². The second-order valence-corrected chi connectivity index (χ2v) is 6.42. The van der Waals surface area contributed by atoms with E-state index in [9.17, 15) is 0 Å². The van der Waals surface area contributed by atoms with Crippen molar-refractivity contribution in [1.82, 2.24) is 4.98 Å². The van der Waals surface area contributed by atoms with E-state index < -0.39 is 0 Å². The van der Waals surface area contributed by atoms with Gasteiger partial charge in [0, 0.05) is 23.1 Å². The molecule has 4 nitrogen and oxygen atoms in total. The van der Waals surface area contributed by atoms with E-state index in [0.29, 0.717) is 29.7 Å². The van der Waals surface area contributed by atoms with E-state index in [4.69, 9.17) is 21.1 Å². The summed E-state index contributed by atoms with van der Waals surface area (Å²) in [6.07, 6.45) is 1.78. The molecule has 0 saturated heterocycles. The van der Waals surface area contributed by atoms with Crippen molar-refractivity contribution in [3.63, 3.8) is 0 Å². The normalized spacial score (nSPS) is 10.4. The van der Waals surface area contributed by atoms with Crippen LogP contribution in [0.5, 0.6) is 11.5 Å². The van der Waals surface area contributed by atoms with Gasteiger partial charge >= 0.3 is 0 Å². The molecule has 0 bridgehead atoms. The molecule has 0 aliphatic rings. The van der Waals surface area contributed by atoms with Crippen LogP contribution in [-0.2, 0) is 13.2 Å². The number of benzene rings is 2. The number of halogens is 1. The number of thiazole rings is 1. The highest BCUT2D eigenvalue weighted by Gasteiger charge is 2.07. The Kier molecular flexibility index (Phi) is 5.56. The Morgan fingerprint density at radius 3 is 2.58 bits per heavy atom. The van der Waals surface area contributed by atoms with Crippen molar-refractivity contribution in [1.29, 1.82) is 0 Å². The van der Waals surface area contributed by atoms with Gasteiger partial charge in [-0.2, -0.15) is 0 Å². The molecule has 0 atom stereocenters. The van der Waals surface area contributed by atoms with Crippen LogP contribution in [0.3, 0.4) is 0 Å². The summed E-state index contributed by atoms with van der Waals surface area (Å²) >= 11 is 7.46. The molecule has 24 heavy (non-hydrogen) atoms. The third-order valence-electron chi connectivity index (χ3n) is 3.41. The predicted molar refractivity (Wildman–Crippen MR) is 98.2 cm³/mol. The van der Waals surface area contributed by atoms with Gasteiger partial charge in [-0.05, 0) is 35.4 Å². The molecule has 0 unspecified atom stereocenters. The number of methoxy groups -OCH3 is 1. The third-order valence-corrected chi connectivity index (χ3v) is 4.39. The quantitative estimate of drug-likeness (QED) is 0.644. The maximum atomic E-state index is 5.89. The molecule has 0 amide bonds. The lowest BCUT2D eigenvalue weighted by Crippen LogP contribution is -2.01. The summed E-state index contributed by atoms with van der Waals surface area (Å²) in [6, 6.07) is 13.5. The number of nitrogens with one attached hydrogen (secondary N) is 1. The van der Waals surface area contributed by atoms with Gasteiger partial charge in [-0.3, -0.25) is 0 Å². The second kappa shape index (κ2) is 8.04. The van der Waals surface area contributed by atoms with Gasteiger partial charge in [-0.15, -0.1) is 11.3 Å². The first-order valence-electron chi connectivity index (χ1n) is 7.42. The number of hydrogen-bond acceptors (Lipinski definition) is 5. The summed E-state index contributed by atoms with van der Waals surface area (Å²) in [6.45, 7) is 1.14. The minimum atomic E-state index is 0.463. The van der Waals surface area contributed by atoms with Gasteiger partial charge in [-0.1, -0.05) is 29.8 Å². The van der Waals surface area contributed by atoms with E-state index in [2.05, 4.69) is 10.3 Å². The molecule has 0 radical (unpaired) electrons. The Labute approximate surface area is 150 Å². The fourth-order valence-corrected chi connectivity index (χ4v) is 2.83. The van der Waals surface area contributed by atoms with E-state index in [1.807, 2.05) is 47.8 Å². The maximum Gasteiger partial charge on any atom is 0.182 e. The topological polar surface area (TPSA) is 43.4 Å². The molecular formula is C18H17ClN2O2S. The van der Waals surface area contributed by atoms with Crippen LogP contribution in [-0.4, -0.2) is 12.1 Å². The average Bonchev–Trinajstić information content (AvgIpc) is 3.13. The van der Waals surface area contributed by atoms with Crippen LogP contribution >= 0.6 is 22.9 Å². The second-order valence-electron chi connectivity index (χ2n) is 5.09. The lowest BCUT2D eigenvalue weighted by atomic mass is 10.2. The highest BCUT2D eigenvalue weighted by Crippen LogP contribution is 2.29. The van der Waals surface area contributed by atoms with Crippen LogP contribution < -0.4 is 14.8 Å². The molecule has 6 heteroatoms. The molecule has 124 valence electrons. The zero-order valence-electron chi connectivity index (χ0n) is 13.2. The Bertz CT molecular complexity index is 776. The molecule has 3 rings (SSSR count). The molecule has 1 aromatic heterocycles. The van der Waals surface area contributed by atoms with E-state index in [1.54, 1.807) is 24.6 Å². The fourth-order valence-electron chi connectivity index (χ4n) is 2.17. The van der Waals surface area contributed by atoms with E-state index >= 15 is 0 Å². The SMILES string of the molecule is COc1cc(CNc2nccs2)ccc1OCc1ccc(Cl)cc1. The standard InChI is InChI=1S/C18H17ClN2O2S/c1-22-17-10-14(11-21-18-20-8-9-24-18)4-7-16(17)23-12-13-2-5-15(19)6-3-13/h2-10H,11-12H2,1H3,(H,20,21). The van der Waals surface area contributed by atoms with Crippen molar-refractivity contribution in [3.05, 3.63) is 70.2 Å². The molecule has 0 saturated carbocycles. The van der Waals surface area contributed by atoms with Crippen LogP contribution in [0, 0.1) is 0 Å². The molecular weight excluding hydrogens is 344 g/mol. The minimum Gasteiger partial charge on any atom is -0.493 e. The lowest BCUT2D eigenvalue weighted by molar-refractivity contribution is 0.284. The highest BCUT2D eigenvalue weighted by molar-refractivity contribution is 7.13. The average molecular weight is 361 g/mol. The Morgan fingerprint density at radius 1 is 1.08 bits per heavy atom. The van der Waals surface area contributed by atoms with Crippen LogP contribution in [0.4, 0.5) is 5.13 Å². The van der Waals surface area contributed by atoms with Crippen molar-refractivity contribution in [2.75, 3.05) is 12.4 Å². The first kappa shape index (κ1) is 16.6. The van der Waals surface area contributed by atoms with Gasteiger partial charge in [0.05, 0.1) is 7.11 Å². The number of ether oxygens (including phenoxy) is 2. The Balaban J connectivity index is 1.63. The number of rotatable bonds is 7. The summed E-state index contributed by atoms with van der Waals surface area (Å²) in [5.41, 5.74) is 2.15. The molecule has 0 fully saturated rings. The van der Waals surface area contributed by atoms with Crippen molar-refractivity contribution in [3.8, 4) is 11.5 Å². The van der Waals surface area contributed by atoms with Crippen LogP contribution in [0.25, 0.3) is 0 Å². The first-order valence-corrected chi connectivity index (χ1v) is 8.68. The van der Waals surface area contributed by atoms with Crippen molar-refractivity contribution in [2.45, 2.75) is 13.2 Å². The number of nitrogens with zero attached hydrogens (tertiary/aromatic N) is 1. The largest absolute Gasteiger partial charge is 0.493 e. The van der Waals surface area contributed by atoms with E-state index in [0.717, 1.165) is 16.3 Å². The van der Waals surface area contributed by atoms with Crippen molar-refractivity contribution in [2.24, 2.45) is 0 Å². The summed E-state index contributed by atoms with van der Waals surface area (Å²) < 4.78 is 11.3. The van der Waals surface area contributed by atoms with Crippen LogP contribution in [0.2, 0.25) is 5.02 Å². The summed E-state index contributed by atoms with van der Waals surface area (Å²) in [7, 11) is 1.64. The van der Waals surface area contributed by atoms with Crippen molar-refractivity contribution < 1.29 is 9.47 Å². The van der Waals surface area contributed by atoms with Gasteiger partial charge in [0.2, 0.25) is 0 Å². The molecule has 2 aromatic carbocycles. The number of anilines is 1. The monoisotopic (exact) mass is 360 g/mol. The van der Waals surface area contributed by atoms with Crippen LogP contribution in [0.15, 0.2) is 54.0 Å². The summed E-state index contributed by atoms with van der Waals surface area (Å²) in [4.78, 5) is 4.20. The fraction of sp³-hybridized carbons (Fsp3) is 0.167. The van der Waals surface area contributed by atoms with Gasteiger partial charge in [0.15, 0.2) is 16.6 Å². The van der Waals surface area contributed by atoms with E-state index in [-0.39, 0.29) is 0 Å². The molecule has 0 spiro atoms. The van der Waals surface area contributed by atoms with Gasteiger partial charge < -0.3 is 14.8 Å². The van der Waals surface area contributed by atoms with Crippen molar-refractivity contribution >= 4 is 28.1 Å². The predicted octanol–water partition coefficient (Wildman–Crippen LogP) is 5.00. The third kappa shape index (κ3) is 4.40. The molecule has 3 aromatic rings. The molecule has 0 aliphatic heterocycles. The smallest absolute Gasteiger partial charge is 0.182 e. The Morgan fingerprint density at radius 2 is 1.88 bits per heavy atom. The Hall–Kier alpha value is -2.24. The summed E-state index contributed by atoms with van der Waals surface area (Å²) in [5.74, 6) is 1.42. The van der Waals surface area contributed by atoms with E-state index in [1.165, 1.54) is 0 Å². The zero-order chi connectivity index (χ0) is 16.8. The summed E-state index contributed by atoms with van der Waals surface area (Å²) in [5, 5.41) is 6.83. The zero-order valence-corrected chi connectivity index (χ0v) is 14.7. The molecule has 0 aliphatic carbocycles. The van der Waals surface area contributed by atoms with Gasteiger partial charge in [0.25, 0.3) is 0 Å².